The van der Waals surface area contributed by atoms with Crippen LogP contribution in [0.2, 0.25) is 0 Å². The van der Waals surface area contributed by atoms with Crippen molar-refractivity contribution in [2.75, 3.05) is 6.61 Å². The van der Waals surface area contributed by atoms with Crippen molar-refractivity contribution >= 4 is 0 Å². The molecule has 76 valence electrons. The third-order valence-electron chi connectivity index (χ3n) is 2.61. The van der Waals surface area contributed by atoms with Crippen molar-refractivity contribution in [3.63, 3.8) is 0 Å². The molecule has 0 aliphatic carbocycles. The van der Waals surface area contributed by atoms with Gasteiger partial charge in [-0.3, -0.25) is 0 Å². The van der Waals surface area contributed by atoms with Crippen LogP contribution in [0, 0.1) is 12.7 Å². The molecule has 0 amide bonds. The molecule has 2 N–H and O–H groups in total. The molecule has 3 heteroatoms. The minimum absolute atomic E-state index is 0.0215. The van der Waals surface area contributed by atoms with Gasteiger partial charge in [0.15, 0.2) is 0 Å². The van der Waals surface area contributed by atoms with Crippen LogP contribution < -0.4 is 10.5 Å². The highest BCUT2D eigenvalue weighted by Crippen LogP contribution is 2.31. The third-order valence-corrected chi connectivity index (χ3v) is 2.61. The molecule has 0 spiro atoms. The van der Waals surface area contributed by atoms with Gasteiger partial charge >= 0.3 is 0 Å². The fourth-order valence-electron chi connectivity index (χ4n) is 1.74. The molecule has 1 atom stereocenters. The first-order valence-corrected chi connectivity index (χ1v) is 4.87. The van der Waals surface area contributed by atoms with E-state index < -0.39 is 0 Å². The number of aryl methyl sites for hydroxylation is 1. The monoisotopic (exact) mass is 195 g/mol. The number of ether oxygens (including phenoxy) is 1. The first-order valence-electron chi connectivity index (χ1n) is 4.87. The van der Waals surface area contributed by atoms with Gasteiger partial charge in [-0.25, -0.2) is 4.39 Å². The fourth-order valence-corrected chi connectivity index (χ4v) is 1.74. The van der Waals surface area contributed by atoms with Gasteiger partial charge in [0.2, 0.25) is 0 Å². The van der Waals surface area contributed by atoms with Crippen molar-refractivity contribution in [1.29, 1.82) is 0 Å². The molecule has 0 saturated heterocycles. The van der Waals surface area contributed by atoms with Crippen LogP contribution in [0.4, 0.5) is 4.39 Å². The van der Waals surface area contributed by atoms with Crippen LogP contribution in [0.5, 0.6) is 5.75 Å². The Morgan fingerprint density at radius 3 is 3.07 bits per heavy atom. The molecule has 0 radical (unpaired) electrons. The summed E-state index contributed by atoms with van der Waals surface area (Å²) in [5, 5.41) is 0. The number of hydrogen-bond acceptors (Lipinski definition) is 2. The molecule has 0 unspecified atom stereocenters. The van der Waals surface area contributed by atoms with Gasteiger partial charge in [-0.2, -0.15) is 0 Å². The van der Waals surface area contributed by atoms with E-state index in [1.165, 1.54) is 6.07 Å². The minimum atomic E-state index is -0.224. The van der Waals surface area contributed by atoms with Gasteiger partial charge in [0.05, 0.1) is 6.61 Å². The molecule has 0 aromatic heterocycles. The predicted molar refractivity (Wildman–Crippen MR) is 52.8 cm³/mol. The van der Waals surface area contributed by atoms with E-state index >= 15 is 0 Å². The van der Waals surface area contributed by atoms with Crippen LogP contribution in [-0.2, 0) is 0 Å². The molecule has 1 aliphatic heterocycles. The van der Waals surface area contributed by atoms with Gasteiger partial charge < -0.3 is 10.5 Å². The smallest absolute Gasteiger partial charge is 0.129 e. The molecular weight excluding hydrogens is 181 g/mol. The van der Waals surface area contributed by atoms with Crippen molar-refractivity contribution in [3.05, 3.63) is 29.1 Å². The first-order chi connectivity index (χ1) is 6.68. The number of benzene rings is 1. The summed E-state index contributed by atoms with van der Waals surface area (Å²) in [5.41, 5.74) is 7.52. The van der Waals surface area contributed by atoms with Crippen LogP contribution in [0.1, 0.15) is 30.0 Å². The largest absolute Gasteiger partial charge is 0.493 e. The molecule has 0 bridgehead atoms. The van der Waals surface area contributed by atoms with Crippen molar-refractivity contribution < 1.29 is 9.13 Å². The summed E-state index contributed by atoms with van der Waals surface area (Å²) >= 11 is 0. The van der Waals surface area contributed by atoms with Crippen LogP contribution in [0.3, 0.4) is 0 Å². The maximum Gasteiger partial charge on any atom is 0.129 e. The highest BCUT2D eigenvalue weighted by atomic mass is 19.1. The molecule has 1 aromatic rings. The third kappa shape index (κ3) is 1.60. The SMILES string of the molecule is Cc1cc2c(cc1F)OCCC[C@H]2N. The van der Waals surface area contributed by atoms with E-state index in [1.54, 1.807) is 13.0 Å². The summed E-state index contributed by atoms with van der Waals surface area (Å²) in [6.07, 6.45) is 1.83. The molecule has 0 fully saturated rings. The minimum Gasteiger partial charge on any atom is -0.493 e. The second-order valence-electron chi connectivity index (χ2n) is 3.74. The lowest BCUT2D eigenvalue weighted by atomic mass is 10.0. The molecule has 1 aliphatic rings. The predicted octanol–water partition coefficient (Wildman–Crippen LogP) is 2.31. The summed E-state index contributed by atoms with van der Waals surface area (Å²) in [6, 6.07) is 3.21. The molecule has 14 heavy (non-hydrogen) atoms. The zero-order valence-electron chi connectivity index (χ0n) is 8.22. The number of fused-ring (bicyclic) bond motifs is 1. The van der Waals surface area contributed by atoms with Gasteiger partial charge in [-0.05, 0) is 31.4 Å². The van der Waals surface area contributed by atoms with Crippen molar-refractivity contribution in [2.45, 2.75) is 25.8 Å². The first kappa shape index (κ1) is 9.46. The maximum atomic E-state index is 13.2. The molecule has 2 rings (SSSR count). The van der Waals surface area contributed by atoms with E-state index in [0.717, 1.165) is 18.4 Å². The maximum absolute atomic E-state index is 13.2. The Morgan fingerprint density at radius 1 is 1.50 bits per heavy atom. The van der Waals surface area contributed by atoms with Crippen molar-refractivity contribution in [3.8, 4) is 5.75 Å². The van der Waals surface area contributed by atoms with Crippen LogP contribution >= 0.6 is 0 Å². The van der Waals surface area contributed by atoms with E-state index in [4.69, 9.17) is 10.5 Å². The highest BCUT2D eigenvalue weighted by Gasteiger charge is 2.17. The lowest BCUT2D eigenvalue weighted by Crippen LogP contribution is -2.09. The summed E-state index contributed by atoms with van der Waals surface area (Å²) < 4.78 is 18.7. The standard InChI is InChI=1S/C11H14FNO/c1-7-5-8-10(13)3-2-4-14-11(8)6-9(7)12/h5-6,10H,2-4,13H2,1H3/t10-/m1/s1. The Labute approximate surface area is 82.9 Å². The number of halogens is 1. The van der Waals surface area contributed by atoms with Crippen molar-refractivity contribution in [1.82, 2.24) is 0 Å². The molecule has 2 nitrogen and oxygen atoms in total. The number of rotatable bonds is 0. The van der Waals surface area contributed by atoms with E-state index in [-0.39, 0.29) is 11.9 Å². The van der Waals surface area contributed by atoms with E-state index in [9.17, 15) is 4.39 Å². The number of nitrogens with two attached hydrogens (primary N) is 1. The highest BCUT2D eigenvalue weighted by molar-refractivity contribution is 5.40. The summed E-state index contributed by atoms with van der Waals surface area (Å²) in [7, 11) is 0. The van der Waals surface area contributed by atoms with Gasteiger partial charge in [-0.1, -0.05) is 0 Å². The normalized spacial score (nSPS) is 20.9. The lowest BCUT2D eigenvalue weighted by molar-refractivity contribution is 0.314. The van der Waals surface area contributed by atoms with E-state index in [1.807, 2.05) is 0 Å². The Kier molecular flexibility index (Phi) is 2.42. The van der Waals surface area contributed by atoms with E-state index in [2.05, 4.69) is 0 Å². The molecule has 1 heterocycles. The van der Waals surface area contributed by atoms with Gasteiger partial charge in [0.25, 0.3) is 0 Å². The summed E-state index contributed by atoms with van der Waals surface area (Å²) in [5.74, 6) is 0.385. The quantitative estimate of drug-likeness (QED) is 0.689. The summed E-state index contributed by atoms with van der Waals surface area (Å²) in [6.45, 7) is 2.37. The zero-order chi connectivity index (χ0) is 10.1. The van der Waals surface area contributed by atoms with Crippen LogP contribution in [0.15, 0.2) is 12.1 Å². The van der Waals surface area contributed by atoms with Crippen molar-refractivity contribution in [2.24, 2.45) is 5.73 Å². The molecule has 0 saturated carbocycles. The Bertz CT molecular complexity index is 351. The lowest BCUT2D eigenvalue weighted by Gasteiger charge is -2.12. The second kappa shape index (κ2) is 3.58. The van der Waals surface area contributed by atoms with Crippen LogP contribution in [0.25, 0.3) is 0 Å². The zero-order valence-corrected chi connectivity index (χ0v) is 8.22. The molecular formula is C11H14FNO. The Balaban J connectivity index is 2.49. The van der Waals surface area contributed by atoms with Crippen LogP contribution in [-0.4, -0.2) is 6.61 Å². The fraction of sp³-hybridized carbons (Fsp3) is 0.455. The van der Waals surface area contributed by atoms with Gasteiger partial charge in [0, 0.05) is 17.7 Å². The molecule has 1 aromatic carbocycles. The van der Waals surface area contributed by atoms with E-state index in [0.29, 0.717) is 17.9 Å². The van der Waals surface area contributed by atoms with Gasteiger partial charge in [0.1, 0.15) is 11.6 Å². The van der Waals surface area contributed by atoms with Gasteiger partial charge in [-0.15, -0.1) is 0 Å². The Morgan fingerprint density at radius 2 is 2.29 bits per heavy atom. The average molecular weight is 195 g/mol. The Hall–Kier alpha value is -1.09. The number of hydrogen-bond donors (Lipinski definition) is 1. The summed E-state index contributed by atoms with van der Waals surface area (Å²) in [4.78, 5) is 0. The second-order valence-corrected chi connectivity index (χ2v) is 3.74. The average Bonchev–Trinajstić information content (AvgIpc) is 2.31. The topological polar surface area (TPSA) is 35.2 Å².